The molecule has 3 atom stereocenters. The SMILES string of the molecule is CCCCC/C=C\C/C=C\CCCCCCCCCC(=O)OCC(COP(=O)(O)OCC(CO)OC(=O)CCCCCCCCCCCCCCC)OC(=O)CCCCCCC/C=C\CCCCCC. The Labute approximate surface area is 429 Å². The predicted octanol–water partition coefficient (Wildman–Crippen LogP) is 16.8. The van der Waals surface area contributed by atoms with E-state index in [0.717, 1.165) is 89.9 Å². The molecular formula is C58H107O11P. The van der Waals surface area contributed by atoms with Crippen LogP contribution in [0.4, 0.5) is 0 Å². The van der Waals surface area contributed by atoms with Crippen LogP contribution in [0.1, 0.15) is 278 Å². The molecule has 0 aliphatic rings. The first-order valence-corrected chi connectivity index (χ1v) is 30.4. The number of hydrogen-bond donors (Lipinski definition) is 2. The van der Waals surface area contributed by atoms with Gasteiger partial charge in [-0.3, -0.25) is 23.4 Å². The molecule has 0 amide bonds. The number of hydrogen-bond acceptors (Lipinski definition) is 10. The van der Waals surface area contributed by atoms with E-state index in [-0.39, 0.29) is 25.9 Å². The smallest absolute Gasteiger partial charge is 0.462 e. The minimum absolute atomic E-state index is 0.159. The lowest BCUT2D eigenvalue weighted by Gasteiger charge is -2.21. The molecule has 0 saturated heterocycles. The second-order valence-corrected chi connectivity index (χ2v) is 20.9. The standard InChI is InChI=1S/C58H107O11P/c1-4-7-10-13-16-19-22-25-26-27-28-31-32-35-38-41-44-47-56(60)65-51-55(69-58(62)49-46-43-40-37-34-30-24-21-18-15-12-9-6-3)53-67-70(63,64)66-52-54(50-59)68-57(61)48-45-42-39-36-33-29-23-20-17-14-11-8-5-2/h16,19,21,24-26,54-55,59H,4-15,17-18,20,22-23,27-53H2,1-3H3,(H,63,64)/b19-16-,24-21-,26-25-. The molecular weight excluding hydrogens is 904 g/mol. The van der Waals surface area contributed by atoms with Gasteiger partial charge in [0.05, 0.1) is 19.8 Å². The highest BCUT2D eigenvalue weighted by atomic mass is 31.2. The maximum atomic E-state index is 12.9. The normalized spacial score (nSPS) is 13.6. The van der Waals surface area contributed by atoms with E-state index in [1.54, 1.807) is 0 Å². The molecule has 0 bridgehead atoms. The number of phosphoric ester groups is 1. The summed E-state index contributed by atoms with van der Waals surface area (Å²) in [6.07, 6.45) is 53.8. The first-order chi connectivity index (χ1) is 34.2. The molecule has 0 aliphatic heterocycles. The number of carbonyl (C=O) groups excluding carboxylic acids is 3. The predicted molar refractivity (Wildman–Crippen MR) is 289 cm³/mol. The van der Waals surface area contributed by atoms with Crippen LogP contribution in [0.3, 0.4) is 0 Å². The van der Waals surface area contributed by atoms with E-state index in [9.17, 15) is 28.9 Å². The van der Waals surface area contributed by atoms with Gasteiger partial charge in [-0.2, -0.15) is 0 Å². The molecule has 410 valence electrons. The zero-order chi connectivity index (χ0) is 51.3. The fourth-order valence-electron chi connectivity index (χ4n) is 8.09. The molecule has 11 nitrogen and oxygen atoms in total. The molecule has 0 aromatic heterocycles. The summed E-state index contributed by atoms with van der Waals surface area (Å²) in [5.74, 6) is -1.47. The maximum Gasteiger partial charge on any atom is 0.472 e. The highest BCUT2D eigenvalue weighted by molar-refractivity contribution is 7.47. The molecule has 0 aromatic rings. The molecule has 2 N–H and O–H groups in total. The minimum Gasteiger partial charge on any atom is -0.462 e. The average Bonchev–Trinajstić information content (AvgIpc) is 3.35. The van der Waals surface area contributed by atoms with Crippen molar-refractivity contribution in [2.75, 3.05) is 26.4 Å². The number of ether oxygens (including phenoxy) is 3. The Bertz CT molecular complexity index is 1320. The van der Waals surface area contributed by atoms with Crippen LogP contribution in [0, 0.1) is 0 Å². The Morgan fingerprint density at radius 2 is 0.700 bits per heavy atom. The van der Waals surface area contributed by atoms with Gasteiger partial charge in [0, 0.05) is 19.3 Å². The van der Waals surface area contributed by atoms with Crippen molar-refractivity contribution in [2.45, 2.75) is 290 Å². The van der Waals surface area contributed by atoms with Gasteiger partial charge in [-0.25, -0.2) is 4.57 Å². The van der Waals surface area contributed by atoms with Crippen molar-refractivity contribution in [3.8, 4) is 0 Å². The quantitative estimate of drug-likeness (QED) is 0.0197. The molecule has 0 fully saturated rings. The van der Waals surface area contributed by atoms with Gasteiger partial charge in [-0.15, -0.1) is 0 Å². The van der Waals surface area contributed by atoms with E-state index in [1.807, 2.05) is 0 Å². The van der Waals surface area contributed by atoms with E-state index < -0.39 is 57.8 Å². The molecule has 0 saturated carbocycles. The monoisotopic (exact) mass is 1010 g/mol. The van der Waals surface area contributed by atoms with Crippen LogP contribution in [0.2, 0.25) is 0 Å². The lowest BCUT2D eigenvalue weighted by molar-refractivity contribution is -0.161. The van der Waals surface area contributed by atoms with Crippen LogP contribution >= 0.6 is 7.82 Å². The zero-order valence-electron chi connectivity index (χ0n) is 45.2. The Morgan fingerprint density at radius 3 is 1.11 bits per heavy atom. The number of aliphatic hydroxyl groups excluding tert-OH is 1. The fourth-order valence-corrected chi connectivity index (χ4v) is 8.87. The van der Waals surface area contributed by atoms with Crippen LogP contribution in [0.25, 0.3) is 0 Å². The molecule has 70 heavy (non-hydrogen) atoms. The van der Waals surface area contributed by atoms with Gasteiger partial charge in [-0.05, 0) is 77.0 Å². The largest absolute Gasteiger partial charge is 0.472 e. The van der Waals surface area contributed by atoms with Crippen LogP contribution in [-0.2, 0) is 42.2 Å². The summed E-state index contributed by atoms with van der Waals surface area (Å²) in [5.41, 5.74) is 0. The maximum absolute atomic E-state index is 12.9. The molecule has 0 radical (unpaired) electrons. The van der Waals surface area contributed by atoms with Gasteiger partial charge < -0.3 is 24.2 Å². The van der Waals surface area contributed by atoms with Gasteiger partial charge in [0.25, 0.3) is 0 Å². The van der Waals surface area contributed by atoms with Crippen molar-refractivity contribution >= 4 is 25.7 Å². The van der Waals surface area contributed by atoms with Crippen LogP contribution in [-0.4, -0.2) is 66.5 Å². The first kappa shape index (κ1) is 67.7. The van der Waals surface area contributed by atoms with Crippen molar-refractivity contribution in [1.29, 1.82) is 0 Å². The molecule has 0 rings (SSSR count). The summed E-state index contributed by atoms with van der Waals surface area (Å²) in [6.45, 7) is 4.62. The van der Waals surface area contributed by atoms with Gasteiger partial charge in [0.15, 0.2) is 6.10 Å². The lowest BCUT2D eigenvalue weighted by atomic mass is 10.0. The van der Waals surface area contributed by atoms with Crippen molar-refractivity contribution in [2.24, 2.45) is 0 Å². The first-order valence-electron chi connectivity index (χ1n) is 28.9. The van der Waals surface area contributed by atoms with Gasteiger partial charge in [-0.1, -0.05) is 218 Å². The summed E-state index contributed by atoms with van der Waals surface area (Å²) in [7, 11) is -4.74. The van der Waals surface area contributed by atoms with Crippen LogP contribution in [0.15, 0.2) is 36.5 Å². The highest BCUT2D eigenvalue weighted by Gasteiger charge is 2.28. The zero-order valence-corrected chi connectivity index (χ0v) is 46.1. The number of unbranched alkanes of at least 4 members (excludes halogenated alkanes) is 31. The molecule has 0 heterocycles. The van der Waals surface area contributed by atoms with Crippen molar-refractivity contribution in [3.63, 3.8) is 0 Å². The van der Waals surface area contributed by atoms with Crippen molar-refractivity contribution in [3.05, 3.63) is 36.5 Å². The lowest BCUT2D eigenvalue weighted by Crippen LogP contribution is -2.30. The summed E-state index contributed by atoms with van der Waals surface area (Å²) in [6, 6.07) is 0. The topological polar surface area (TPSA) is 155 Å². The Hall–Kier alpha value is -2.30. The Balaban J connectivity index is 4.70. The van der Waals surface area contributed by atoms with Gasteiger partial charge in [0.2, 0.25) is 0 Å². The van der Waals surface area contributed by atoms with E-state index in [4.69, 9.17) is 23.3 Å². The molecule has 0 spiro atoms. The van der Waals surface area contributed by atoms with E-state index >= 15 is 0 Å². The van der Waals surface area contributed by atoms with Gasteiger partial charge in [0.1, 0.15) is 12.7 Å². The fraction of sp³-hybridized carbons (Fsp3) is 0.845. The third-order valence-electron chi connectivity index (χ3n) is 12.5. The number of rotatable bonds is 54. The van der Waals surface area contributed by atoms with E-state index in [1.165, 1.54) is 128 Å². The molecule has 3 unspecified atom stereocenters. The van der Waals surface area contributed by atoms with E-state index in [2.05, 4.69) is 57.2 Å². The summed E-state index contributed by atoms with van der Waals surface area (Å²) in [5, 5.41) is 9.80. The third-order valence-corrected chi connectivity index (χ3v) is 13.5. The minimum atomic E-state index is -4.74. The van der Waals surface area contributed by atoms with Crippen molar-refractivity contribution < 1.29 is 52.2 Å². The Morgan fingerprint density at radius 1 is 0.400 bits per heavy atom. The molecule has 12 heteroatoms. The number of esters is 3. The summed E-state index contributed by atoms with van der Waals surface area (Å²) < 4.78 is 39.5. The van der Waals surface area contributed by atoms with Gasteiger partial charge >= 0.3 is 25.7 Å². The van der Waals surface area contributed by atoms with E-state index in [0.29, 0.717) is 19.3 Å². The Kier molecular flexibility index (Phi) is 51.3. The highest BCUT2D eigenvalue weighted by Crippen LogP contribution is 2.43. The summed E-state index contributed by atoms with van der Waals surface area (Å²) in [4.78, 5) is 48.5. The number of carbonyl (C=O) groups is 3. The number of aliphatic hydroxyl groups is 1. The van der Waals surface area contributed by atoms with Crippen LogP contribution in [0.5, 0.6) is 0 Å². The number of allylic oxidation sites excluding steroid dienone is 6. The average molecular weight is 1010 g/mol. The second kappa shape index (κ2) is 53.0. The number of phosphoric acid groups is 1. The third kappa shape index (κ3) is 50.6. The molecule has 0 aliphatic carbocycles. The second-order valence-electron chi connectivity index (χ2n) is 19.5. The molecule has 0 aromatic carbocycles. The van der Waals surface area contributed by atoms with Crippen molar-refractivity contribution in [1.82, 2.24) is 0 Å². The van der Waals surface area contributed by atoms with Crippen LogP contribution < -0.4 is 0 Å². The summed E-state index contributed by atoms with van der Waals surface area (Å²) >= 11 is 0.